The molecule has 0 radical (unpaired) electrons. The van der Waals surface area contributed by atoms with Gasteiger partial charge in [-0.2, -0.15) is 0 Å². The van der Waals surface area contributed by atoms with Crippen molar-refractivity contribution in [3.8, 4) is 12.3 Å². The summed E-state index contributed by atoms with van der Waals surface area (Å²) in [5, 5.41) is 1.47. The molecule has 3 nitrogen and oxygen atoms in total. The highest BCUT2D eigenvalue weighted by Crippen LogP contribution is 2.31. The summed E-state index contributed by atoms with van der Waals surface area (Å²) in [7, 11) is 0. The largest absolute Gasteiger partial charge is 0.275 e. The lowest BCUT2D eigenvalue weighted by Gasteiger charge is -2.26. The molecule has 0 bridgehead atoms. The number of carbonyl (C=O) groups is 2. The number of imide groups is 1. The van der Waals surface area contributed by atoms with E-state index in [1.165, 1.54) is 4.90 Å². The van der Waals surface area contributed by atoms with Crippen molar-refractivity contribution in [2.75, 3.05) is 6.54 Å². The summed E-state index contributed by atoms with van der Waals surface area (Å²) in [5.74, 6) is 2.09. The third-order valence-electron chi connectivity index (χ3n) is 3.46. The van der Waals surface area contributed by atoms with Gasteiger partial charge in [0, 0.05) is 28.6 Å². The van der Waals surface area contributed by atoms with E-state index in [9.17, 15) is 9.59 Å². The van der Waals surface area contributed by atoms with Gasteiger partial charge >= 0.3 is 0 Å². The van der Waals surface area contributed by atoms with Gasteiger partial charge in [-0.1, -0.05) is 18.1 Å². The Bertz CT molecular complexity index is 746. The van der Waals surface area contributed by atoms with E-state index in [0.29, 0.717) is 28.6 Å². The van der Waals surface area contributed by atoms with E-state index in [0.717, 1.165) is 5.39 Å². The van der Waals surface area contributed by atoms with Crippen LogP contribution in [0.2, 0.25) is 0 Å². The maximum Gasteiger partial charge on any atom is 0.261 e. The molecule has 0 N–H and O–H groups in total. The van der Waals surface area contributed by atoms with E-state index in [-0.39, 0.29) is 11.8 Å². The summed E-state index contributed by atoms with van der Waals surface area (Å²) in [6.07, 6.45) is 5.47. The second-order valence-electron chi connectivity index (χ2n) is 4.39. The topological polar surface area (TPSA) is 37.4 Å². The summed E-state index contributed by atoms with van der Waals surface area (Å²) < 4.78 is 0. The Balaban J connectivity index is 2.47. The average Bonchev–Trinajstić information content (AvgIpc) is 2.44. The lowest BCUT2D eigenvalue weighted by molar-refractivity contribution is 0.0619. The number of benzene rings is 2. The molecule has 1 aliphatic rings. The van der Waals surface area contributed by atoms with Crippen LogP contribution in [0.1, 0.15) is 33.2 Å². The van der Waals surface area contributed by atoms with Crippen molar-refractivity contribution in [3.63, 3.8) is 0 Å². The van der Waals surface area contributed by atoms with E-state index in [2.05, 4.69) is 5.92 Å². The van der Waals surface area contributed by atoms with E-state index < -0.39 is 0 Å². The molecule has 0 aromatic heterocycles. The van der Waals surface area contributed by atoms with Crippen LogP contribution >= 0.6 is 0 Å². The van der Waals surface area contributed by atoms with Crippen molar-refractivity contribution in [1.82, 2.24) is 4.90 Å². The molecule has 2 aromatic rings. The number of rotatable bonds is 1. The molecule has 0 fully saturated rings. The summed E-state index contributed by atoms with van der Waals surface area (Å²) in [5.41, 5.74) is 1.79. The Kier molecular flexibility index (Phi) is 2.39. The van der Waals surface area contributed by atoms with E-state index >= 15 is 0 Å². The third-order valence-corrected chi connectivity index (χ3v) is 3.46. The number of hydrogen-bond donors (Lipinski definition) is 0. The standard InChI is InChI=1S/C16H11NO2/c1-3-10-8-9-13-14-11(10)6-5-7-12(14)15(18)17(4-2)16(13)19/h1,5-9H,4H2,2H3. The molecule has 0 unspecified atom stereocenters. The Labute approximate surface area is 110 Å². The quantitative estimate of drug-likeness (QED) is 0.575. The predicted molar refractivity (Wildman–Crippen MR) is 72.9 cm³/mol. The van der Waals surface area contributed by atoms with E-state index in [4.69, 9.17) is 6.42 Å². The number of nitrogens with zero attached hydrogens (tertiary/aromatic N) is 1. The van der Waals surface area contributed by atoms with Crippen LogP contribution in [0.15, 0.2) is 30.3 Å². The van der Waals surface area contributed by atoms with Crippen LogP contribution in [0.3, 0.4) is 0 Å². The fraction of sp³-hybridized carbons (Fsp3) is 0.125. The smallest absolute Gasteiger partial charge is 0.261 e. The van der Waals surface area contributed by atoms with Crippen LogP contribution in [-0.4, -0.2) is 23.3 Å². The molecule has 3 heteroatoms. The molecule has 0 saturated carbocycles. The minimum absolute atomic E-state index is 0.250. The first-order valence-corrected chi connectivity index (χ1v) is 6.07. The van der Waals surface area contributed by atoms with E-state index in [1.54, 1.807) is 31.2 Å². The number of carbonyl (C=O) groups excluding carboxylic acids is 2. The van der Waals surface area contributed by atoms with Crippen LogP contribution in [-0.2, 0) is 0 Å². The third kappa shape index (κ3) is 1.40. The molecule has 2 amide bonds. The Hall–Kier alpha value is -2.60. The summed E-state index contributed by atoms with van der Waals surface area (Å²) in [6.45, 7) is 2.15. The maximum absolute atomic E-state index is 12.3. The molecule has 1 heterocycles. The van der Waals surface area contributed by atoms with Gasteiger partial charge in [-0.25, -0.2) is 0 Å². The predicted octanol–water partition coefficient (Wildman–Crippen LogP) is 2.44. The Morgan fingerprint density at radius 3 is 2.42 bits per heavy atom. The normalized spacial score (nSPS) is 13.8. The SMILES string of the molecule is C#Cc1ccc2c3c(cccc13)C(=O)N(CC)C2=O. The molecular formula is C16H11NO2. The van der Waals surface area contributed by atoms with E-state index in [1.807, 2.05) is 6.07 Å². The lowest BCUT2D eigenvalue weighted by Crippen LogP contribution is -2.40. The molecule has 0 atom stereocenters. The van der Waals surface area contributed by atoms with Gasteiger partial charge in [0.25, 0.3) is 11.8 Å². The van der Waals surface area contributed by atoms with Crippen molar-refractivity contribution < 1.29 is 9.59 Å². The van der Waals surface area contributed by atoms with Gasteiger partial charge in [-0.05, 0) is 30.5 Å². The highest BCUT2D eigenvalue weighted by atomic mass is 16.2. The molecule has 0 saturated heterocycles. The van der Waals surface area contributed by atoms with Crippen molar-refractivity contribution in [2.45, 2.75) is 6.92 Å². The van der Waals surface area contributed by atoms with Gasteiger partial charge in [0.15, 0.2) is 0 Å². The highest BCUT2D eigenvalue weighted by Gasteiger charge is 2.31. The highest BCUT2D eigenvalue weighted by molar-refractivity contribution is 6.25. The first-order chi connectivity index (χ1) is 9.19. The van der Waals surface area contributed by atoms with Crippen molar-refractivity contribution in [1.29, 1.82) is 0 Å². The minimum Gasteiger partial charge on any atom is -0.275 e. The van der Waals surface area contributed by atoms with Crippen LogP contribution in [0.4, 0.5) is 0 Å². The molecule has 2 aromatic carbocycles. The molecule has 0 aliphatic carbocycles. The number of hydrogen-bond acceptors (Lipinski definition) is 2. The van der Waals surface area contributed by atoms with Gasteiger partial charge in [-0.15, -0.1) is 6.42 Å². The molecule has 1 aliphatic heterocycles. The second-order valence-corrected chi connectivity index (χ2v) is 4.39. The van der Waals surface area contributed by atoms with Crippen molar-refractivity contribution >= 4 is 22.6 Å². The first kappa shape index (κ1) is 11.5. The lowest BCUT2D eigenvalue weighted by atomic mass is 9.91. The zero-order chi connectivity index (χ0) is 13.6. The van der Waals surface area contributed by atoms with Gasteiger partial charge in [0.2, 0.25) is 0 Å². The van der Waals surface area contributed by atoms with Crippen molar-refractivity contribution in [2.24, 2.45) is 0 Å². The zero-order valence-electron chi connectivity index (χ0n) is 10.4. The first-order valence-electron chi connectivity index (χ1n) is 6.07. The summed E-state index contributed by atoms with van der Waals surface area (Å²) in [4.78, 5) is 25.9. The van der Waals surface area contributed by atoms with Gasteiger partial charge < -0.3 is 0 Å². The second kappa shape index (κ2) is 3.96. The maximum atomic E-state index is 12.3. The summed E-state index contributed by atoms with van der Waals surface area (Å²) >= 11 is 0. The Morgan fingerprint density at radius 2 is 1.79 bits per heavy atom. The fourth-order valence-corrected chi connectivity index (χ4v) is 2.56. The molecule has 92 valence electrons. The molecule has 3 rings (SSSR count). The van der Waals surface area contributed by atoms with Gasteiger partial charge in [-0.3, -0.25) is 14.5 Å². The molecule has 19 heavy (non-hydrogen) atoms. The van der Waals surface area contributed by atoms with Gasteiger partial charge in [0.1, 0.15) is 0 Å². The fourth-order valence-electron chi connectivity index (χ4n) is 2.56. The van der Waals surface area contributed by atoms with Crippen LogP contribution in [0, 0.1) is 12.3 Å². The molecule has 0 spiro atoms. The average molecular weight is 249 g/mol. The van der Waals surface area contributed by atoms with Gasteiger partial charge in [0.05, 0.1) is 0 Å². The van der Waals surface area contributed by atoms with Crippen LogP contribution in [0.5, 0.6) is 0 Å². The molecular weight excluding hydrogens is 238 g/mol. The van der Waals surface area contributed by atoms with Crippen molar-refractivity contribution in [3.05, 3.63) is 47.0 Å². The van der Waals surface area contributed by atoms with Crippen LogP contribution < -0.4 is 0 Å². The Morgan fingerprint density at radius 1 is 1.11 bits per heavy atom. The monoisotopic (exact) mass is 249 g/mol. The summed E-state index contributed by atoms with van der Waals surface area (Å²) in [6, 6.07) is 8.84. The minimum atomic E-state index is -0.250. The number of terminal acetylenes is 1. The number of amides is 2. The van der Waals surface area contributed by atoms with Crippen LogP contribution in [0.25, 0.3) is 10.8 Å². The zero-order valence-corrected chi connectivity index (χ0v) is 10.4.